The lowest BCUT2D eigenvalue weighted by atomic mass is 10.1. The molecule has 0 aliphatic rings. The fourth-order valence-corrected chi connectivity index (χ4v) is 1.17. The molecule has 0 aliphatic carbocycles. The maximum Gasteiger partial charge on any atom is 0.416 e. The van der Waals surface area contributed by atoms with Crippen molar-refractivity contribution in [2.75, 3.05) is 0 Å². The average molecular weight is 233 g/mol. The van der Waals surface area contributed by atoms with Crippen LogP contribution < -0.4 is 0 Å². The molecule has 0 aliphatic heterocycles. The number of rotatable bonds is 3. The molecule has 0 heterocycles. The third-order valence-electron chi connectivity index (χ3n) is 1.85. The summed E-state index contributed by atoms with van der Waals surface area (Å²) in [5.41, 5.74) is -0.728. The molecule has 16 heavy (non-hydrogen) atoms. The van der Waals surface area contributed by atoms with Gasteiger partial charge in [-0.3, -0.25) is 0 Å². The summed E-state index contributed by atoms with van der Waals surface area (Å²) in [6.07, 6.45) is -5.69. The molecule has 0 amide bonds. The van der Waals surface area contributed by atoms with Crippen molar-refractivity contribution in [1.29, 1.82) is 0 Å². The van der Waals surface area contributed by atoms with Crippen LogP contribution >= 0.6 is 0 Å². The van der Waals surface area contributed by atoms with Crippen molar-refractivity contribution in [2.24, 2.45) is 4.99 Å². The molecule has 0 fully saturated rings. The van der Waals surface area contributed by atoms with Gasteiger partial charge in [-0.05, 0) is 11.6 Å². The lowest BCUT2D eigenvalue weighted by Gasteiger charge is -2.08. The summed E-state index contributed by atoms with van der Waals surface area (Å²) in [6, 6.07) is 4.23. The molecular formula is C10H7F4NO. The molecular weight excluding hydrogens is 226 g/mol. The summed E-state index contributed by atoms with van der Waals surface area (Å²) < 4.78 is 49.6. The Hall–Kier alpha value is -1.68. The Morgan fingerprint density at radius 3 is 2.62 bits per heavy atom. The number of nitrogens with zero attached hydrogens (tertiary/aromatic N) is 1. The highest BCUT2D eigenvalue weighted by atomic mass is 19.4. The number of alkyl halides is 4. The zero-order valence-electron chi connectivity index (χ0n) is 7.96. The number of hydrogen-bond acceptors (Lipinski definition) is 2. The Bertz CT molecular complexity index is 410. The summed E-state index contributed by atoms with van der Waals surface area (Å²) in [4.78, 5) is 12.5. The number of aliphatic imine (C=N–C) groups is 1. The second kappa shape index (κ2) is 4.90. The van der Waals surface area contributed by atoms with Gasteiger partial charge in [0.25, 0.3) is 0 Å². The molecule has 0 saturated carbocycles. The lowest BCUT2D eigenvalue weighted by Crippen LogP contribution is -2.07. The quantitative estimate of drug-likeness (QED) is 0.341. The summed E-state index contributed by atoms with van der Waals surface area (Å²) >= 11 is 0. The normalized spacial score (nSPS) is 13.0. The fourth-order valence-electron chi connectivity index (χ4n) is 1.17. The van der Waals surface area contributed by atoms with E-state index in [4.69, 9.17) is 0 Å². The van der Waals surface area contributed by atoms with Crippen LogP contribution in [-0.2, 0) is 17.4 Å². The molecule has 1 unspecified atom stereocenters. The Balaban J connectivity index is 2.87. The maximum absolute atomic E-state index is 12.8. The molecule has 0 N–H and O–H groups in total. The van der Waals surface area contributed by atoms with Gasteiger partial charge in [0.1, 0.15) is 0 Å². The first-order valence-corrected chi connectivity index (χ1v) is 4.30. The Labute approximate surface area is 88.6 Å². The van der Waals surface area contributed by atoms with Gasteiger partial charge in [0.15, 0.2) is 0 Å². The van der Waals surface area contributed by atoms with E-state index in [0.29, 0.717) is 0 Å². The van der Waals surface area contributed by atoms with Gasteiger partial charge in [0.05, 0.1) is 5.56 Å². The minimum atomic E-state index is -4.46. The van der Waals surface area contributed by atoms with Gasteiger partial charge in [-0.15, -0.1) is 0 Å². The summed E-state index contributed by atoms with van der Waals surface area (Å²) in [5, 5.41) is 0. The van der Waals surface area contributed by atoms with Crippen molar-refractivity contribution < 1.29 is 22.4 Å². The van der Waals surface area contributed by atoms with Gasteiger partial charge in [0, 0.05) is 6.42 Å². The highest BCUT2D eigenvalue weighted by Crippen LogP contribution is 2.29. The van der Waals surface area contributed by atoms with Crippen LogP contribution in [0.5, 0.6) is 0 Å². The van der Waals surface area contributed by atoms with E-state index in [0.717, 1.165) is 18.2 Å². The SMILES string of the molecule is O=C=NC(F)Cc1cccc(C(F)(F)F)c1. The number of benzene rings is 1. The summed E-state index contributed by atoms with van der Waals surface area (Å²) in [6.45, 7) is 0. The first kappa shape index (κ1) is 12.4. The van der Waals surface area contributed by atoms with Crippen molar-refractivity contribution in [3.63, 3.8) is 0 Å². The molecule has 0 aromatic heterocycles. The molecule has 1 aromatic carbocycles. The first-order valence-electron chi connectivity index (χ1n) is 4.30. The minimum absolute atomic E-state index is 0.126. The van der Waals surface area contributed by atoms with Crippen LogP contribution in [0, 0.1) is 0 Å². The number of halogens is 4. The second-order valence-corrected chi connectivity index (χ2v) is 3.06. The van der Waals surface area contributed by atoms with E-state index in [1.54, 1.807) is 0 Å². The molecule has 0 bridgehead atoms. The smallest absolute Gasteiger partial charge is 0.221 e. The maximum atomic E-state index is 12.8. The van der Waals surface area contributed by atoms with Crippen LogP contribution in [0.3, 0.4) is 0 Å². The fraction of sp³-hybridized carbons (Fsp3) is 0.300. The predicted octanol–water partition coefficient (Wildman–Crippen LogP) is 2.88. The van der Waals surface area contributed by atoms with Crippen molar-refractivity contribution in [1.82, 2.24) is 0 Å². The van der Waals surface area contributed by atoms with Gasteiger partial charge in [0.2, 0.25) is 12.4 Å². The zero-order chi connectivity index (χ0) is 12.2. The largest absolute Gasteiger partial charge is 0.416 e. The van der Waals surface area contributed by atoms with Gasteiger partial charge < -0.3 is 0 Å². The topological polar surface area (TPSA) is 29.4 Å². The average Bonchev–Trinajstić information content (AvgIpc) is 2.17. The summed E-state index contributed by atoms with van der Waals surface area (Å²) in [5.74, 6) is 0. The monoisotopic (exact) mass is 233 g/mol. The van der Waals surface area contributed by atoms with Crippen molar-refractivity contribution in [3.8, 4) is 0 Å². The Morgan fingerprint density at radius 1 is 1.38 bits per heavy atom. The first-order chi connectivity index (χ1) is 7.43. The van der Waals surface area contributed by atoms with Crippen molar-refractivity contribution in [2.45, 2.75) is 18.9 Å². The van der Waals surface area contributed by atoms with Crippen LogP contribution in [-0.4, -0.2) is 12.4 Å². The van der Waals surface area contributed by atoms with Crippen molar-refractivity contribution in [3.05, 3.63) is 35.4 Å². The molecule has 6 heteroatoms. The van der Waals surface area contributed by atoms with Gasteiger partial charge in [-0.25, -0.2) is 9.18 Å². The van der Waals surface area contributed by atoms with Crippen LogP contribution in [0.2, 0.25) is 0 Å². The lowest BCUT2D eigenvalue weighted by molar-refractivity contribution is -0.137. The molecule has 0 spiro atoms. The van der Waals surface area contributed by atoms with E-state index in [9.17, 15) is 22.4 Å². The van der Waals surface area contributed by atoms with Crippen LogP contribution in [0.25, 0.3) is 0 Å². The highest BCUT2D eigenvalue weighted by molar-refractivity contribution is 5.33. The van der Waals surface area contributed by atoms with Gasteiger partial charge in [-0.2, -0.15) is 18.2 Å². The molecule has 86 valence electrons. The van der Waals surface area contributed by atoms with Crippen LogP contribution in [0.4, 0.5) is 17.6 Å². The molecule has 1 aromatic rings. The second-order valence-electron chi connectivity index (χ2n) is 3.06. The Kier molecular flexibility index (Phi) is 3.79. The molecule has 0 saturated heterocycles. The Morgan fingerprint density at radius 2 is 2.06 bits per heavy atom. The predicted molar refractivity (Wildman–Crippen MR) is 48.2 cm³/mol. The third kappa shape index (κ3) is 3.47. The highest BCUT2D eigenvalue weighted by Gasteiger charge is 2.30. The molecule has 2 nitrogen and oxygen atoms in total. The molecule has 1 atom stereocenters. The van der Waals surface area contributed by atoms with E-state index in [1.807, 2.05) is 0 Å². The number of carbonyl (C=O) groups excluding carboxylic acids is 1. The number of hydrogen-bond donors (Lipinski definition) is 0. The van der Waals surface area contributed by atoms with E-state index in [1.165, 1.54) is 12.1 Å². The third-order valence-corrected chi connectivity index (χ3v) is 1.85. The number of isocyanates is 1. The molecule has 1 rings (SSSR count). The van der Waals surface area contributed by atoms with Gasteiger partial charge >= 0.3 is 6.18 Å². The van der Waals surface area contributed by atoms with Crippen LogP contribution in [0.15, 0.2) is 29.3 Å². The van der Waals surface area contributed by atoms with E-state index >= 15 is 0 Å². The summed E-state index contributed by atoms with van der Waals surface area (Å²) in [7, 11) is 0. The van der Waals surface area contributed by atoms with Crippen molar-refractivity contribution >= 4 is 6.08 Å². The molecule has 0 radical (unpaired) electrons. The minimum Gasteiger partial charge on any atom is -0.221 e. The zero-order valence-corrected chi connectivity index (χ0v) is 7.96. The van der Waals surface area contributed by atoms with E-state index in [2.05, 4.69) is 4.99 Å². The van der Waals surface area contributed by atoms with Gasteiger partial charge in [-0.1, -0.05) is 18.2 Å². The standard InChI is InChI=1S/C10H7F4NO/c11-9(15-6-16)5-7-2-1-3-8(4-7)10(12,13)14/h1-4,9H,5H2. The van der Waals surface area contributed by atoms with E-state index in [-0.39, 0.29) is 12.0 Å². The van der Waals surface area contributed by atoms with Crippen LogP contribution in [0.1, 0.15) is 11.1 Å². The van der Waals surface area contributed by atoms with E-state index < -0.39 is 18.0 Å².